The predicted octanol–water partition coefficient (Wildman–Crippen LogP) is 1.41. The molecule has 0 radical (unpaired) electrons. The van der Waals surface area contributed by atoms with Crippen molar-refractivity contribution in [3.8, 4) is 0 Å². The lowest BCUT2D eigenvalue weighted by atomic mass is 10.2. The van der Waals surface area contributed by atoms with Crippen LogP contribution in [-0.2, 0) is 13.0 Å². The van der Waals surface area contributed by atoms with Crippen LogP contribution in [0.5, 0.6) is 0 Å². The van der Waals surface area contributed by atoms with Gasteiger partial charge in [-0.25, -0.2) is 0 Å². The molecule has 0 fully saturated rings. The molecule has 0 saturated heterocycles. The smallest absolute Gasteiger partial charge is 0.0951 e. The summed E-state index contributed by atoms with van der Waals surface area (Å²) in [5.74, 6) is 0.166. The van der Waals surface area contributed by atoms with Crippen molar-refractivity contribution in [1.29, 1.82) is 5.41 Å². The summed E-state index contributed by atoms with van der Waals surface area (Å²) in [5, 5.41) is 11.4. The van der Waals surface area contributed by atoms with Gasteiger partial charge in [-0.2, -0.15) is 5.10 Å². The number of aromatic nitrogens is 2. The second kappa shape index (κ2) is 4.61. The van der Waals surface area contributed by atoms with Gasteiger partial charge in [0.05, 0.1) is 18.6 Å². The molecular formula is C12H14N4. The van der Waals surface area contributed by atoms with Gasteiger partial charge in [-0.3, -0.25) is 10.1 Å². The average Bonchev–Trinajstić information content (AvgIpc) is 2.66. The normalized spacial score (nSPS) is 10.2. The molecule has 0 bridgehead atoms. The zero-order chi connectivity index (χ0) is 11.4. The number of benzene rings is 1. The van der Waals surface area contributed by atoms with Crippen LogP contribution < -0.4 is 5.73 Å². The molecule has 1 aromatic carbocycles. The van der Waals surface area contributed by atoms with Crippen LogP contribution in [0, 0.1) is 5.41 Å². The van der Waals surface area contributed by atoms with Gasteiger partial charge in [-0.15, -0.1) is 0 Å². The summed E-state index contributed by atoms with van der Waals surface area (Å²) in [6, 6.07) is 10.1. The first-order valence-corrected chi connectivity index (χ1v) is 5.12. The number of nitrogens with two attached hydrogens (primary N) is 1. The standard InChI is InChI=1S/C12H14N4/c13-12(14)6-11-7-15-16(9-11)8-10-4-2-1-3-5-10/h1-5,7,9H,6,8H2,(H3,13,14). The Morgan fingerprint density at radius 2 is 2.00 bits per heavy atom. The summed E-state index contributed by atoms with van der Waals surface area (Å²) >= 11 is 0. The van der Waals surface area contributed by atoms with Crippen LogP contribution in [0.1, 0.15) is 11.1 Å². The lowest BCUT2D eigenvalue weighted by Gasteiger charge is -2.00. The van der Waals surface area contributed by atoms with Gasteiger partial charge in [0, 0.05) is 12.6 Å². The summed E-state index contributed by atoms with van der Waals surface area (Å²) in [7, 11) is 0. The van der Waals surface area contributed by atoms with Gasteiger partial charge in [-0.1, -0.05) is 30.3 Å². The van der Waals surface area contributed by atoms with E-state index in [0.29, 0.717) is 6.42 Å². The first kappa shape index (κ1) is 10.4. The molecule has 16 heavy (non-hydrogen) atoms. The van der Waals surface area contributed by atoms with E-state index in [1.54, 1.807) is 6.20 Å². The van der Waals surface area contributed by atoms with Gasteiger partial charge in [-0.05, 0) is 11.1 Å². The quantitative estimate of drug-likeness (QED) is 0.597. The summed E-state index contributed by atoms with van der Waals surface area (Å²) in [4.78, 5) is 0. The van der Waals surface area contributed by atoms with Crippen LogP contribution in [0.2, 0.25) is 0 Å². The first-order valence-electron chi connectivity index (χ1n) is 5.12. The van der Waals surface area contributed by atoms with Crippen LogP contribution in [0.3, 0.4) is 0 Å². The average molecular weight is 214 g/mol. The summed E-state index contributed by atoms with van der Waals surface area (Å²) in [5.41, 5.74) is 7.52. The van der Waals surface area contributed by atoms with Crippen molar-refractivity contribution in [1.82, 2.24) is 9.78 Å². The van der Waals surface area contributed by atoms with Crippen LogP contribution >= 0.6 is 0 Å². The van der Waals surface area contributed by atoms with Crippen LogP contribution in [-0.4, -0.2) is 15.6 Å². The molecule has 4 nitrogen and oxygen atoms in total. The van der Waals surface area contributed by atoms with E-state index < -0.39 is 0 Å². The molecule has 0 aliphatic rings. The van der Waals surface area contributed by atoms with E-state index in [1.165, 1.54) is 5.56 Å². The SMILES string of the molecule is N=C(N)Cc1cnn(Cc2ccccc2)c1. The Kier molecular flexibility index (Phi) is 3.00. The highest BCUT2D eigenvalue weighted by Gasteiger charge is 2.00. The molecule has 1 aromatic heterocycles. The zero-order valence-electron chi connectivity index (χ0n) is 8.93. The van der Waals surface area contributed by atoms with E-state index in [1.807, 2.05) is 29.1 Å². The molecule has 2 aromatic rings. The molecule has 0 unspecified atom stereocenters. The van der Waals surface area contributed by atoms with Gasteiger partial charge >= 0.3 is 0 Å². The van der Waals surface area contributed by atoms with Crippen LogP contribution in [0.25, 0.3) is 0 Å². The second-order valence-corrected chi connectivity index (χ2v) is 3.73. The van der Waals surface area contributed by atoms with Crippen molar-refractivity contribution in [2.75, 3.05) is 0 Å². The van der Waals surface area contributed by atoms with Crippen LogP contribution in [0.4, 0.5) is 0 Å². The van der Waals surface area contributed by atoms with Crippen molar-refractivity contribution in [3.05, 3.63) is 53.9 Å². The van der Waals surface area contributed by atoms with E-state index in [4.69, 9.17) is 11.1 Å². The Morgan fingerprint density at radius 1 is 1.25 bits per heavy atom. The topological polar surface area (TPSA) is 67.7 Å². The van der Waals surface area contributed by atoms with Crippen molar-refractivity contribution in [2.45, 2.75) is 13.0 Å². The second-order valence-electron chi connectivity index (χ2n) is 3.73. The van der Waals surface area contributed by atoms with Gasteiger partial charge in [0.15, 0.2) is 0 Å². The molecule has 3 N–H and O–H groups in total. The highest BCUT2D eigenvalue weighted by atomic mass is 15.3. The van der Waals surface area contributed by atoms with Crippen molar-refractivity contribution >= 4 is 5.84 Å². The Balaban J connectivity index is 2.06. The number of hydrogen-bond acceptors (Lipinski definition) is 2. The zero-order valence-corrected chi connectivity index (χ0v) is 8.93. The highest BCUT2D eigenvalue weighted by Crippen LogP contribution is 2.04. The Bertz CT molecular complexity index is 473. The molecular weight excluding hydrogens is 200 g/mol. The summed E-state index contributed by atoms with van der Waals surface area (Å²) in [6.45, 7) is 0.749. The predicted molar refractivity (Wildman–Crippen MR) is 63.4 cm³/mol. The molecule has 0 aliphatic carbocycles. The minimum absolute atomic E-state index is 0.166. The van der Waals surface area contributed by atoms with E-state index in [-0.39, 0.29) is 5.84 Å². The van der Waals surface area contributed by atoms with Gasteiger partial charge in [0.1, 0.15) is 0 Å². The minimum Gasteiger partial charge on any atom is -0.387 e. The van der Waals surface area contributed by atoms with E-state index in [9.17, 15) is 0 Å². The van der Waals surface area contributed by atoms with E-state index >= 15 is 0 Å². The van der Waals surface area contributed by atoms with E-state index in [2.05, 4.69) is 17.2 Å². The molecule has 82 valence electrons. The molecule has 0 atom stereocenters. The fourth-order valence-electron chi connectivity index (χ4n) is 1.57. The fraction of sp³-hybridized carbons (Fsp3) is 0.167. The van der Waals surface area contributed by atoms with Crippen molar-refractivity contribution in [2.24, 2.45) is 5.73 Å². The molecule has 0 aliphatic heterocycles. The lowest BCUT2D eigenvalue weighted by molar-refractivity contribution is 0.686. The number of amidine groups is 1. The molecule has 1 heterocycles. The molecule has 0 amide bonds. The maximum Gasteiger partial charge on any atom is 0.0951 e. The Labute approximate surface area is 94.2 Å². The molecule has 4 heteroatoms. The Morgan fingerprint density at radius 3 is 2.69 bits per heavy atom. The number of rotatable bonds is 4. The summed E-state index contributed by atoms with van der Waals surface area (Å²) < 4.78 is 1.85. The van der Waals surface area contributed by atoms with Gasteiger partial charge in [0.2, 0.25) is 0 Å². The van der Waals surface area contributed by atoms with Crippen molar-refractivity contribution < 1.29 is 0 Å². The Hall–Kier alpha value is -2.10. The summed E-state index contributed by atoms with van der Waals surface area (Å²) in [6.07, 6.45) is 4.15. The number of hydrogen-bond donors (Lipinski definition) is 2. The van der Waals surface area contributed by atoms with Gasteiger partial charge < -0.3 is 5.73 Å². The minimum atomic E-state index is 0.166. The third-order valence-corrected chi connectivity index (χ3v) is 2.27. The monoisotopic (exact) mass is 214 g/mol. The van der Waals surface area contributed by atoms with E-state index in [0.717, 1.165) is 12.1 Å². The highest BCUT2D eigenvalue weighted by molar-refractivity contribution is 5.79. The molecule has 0 spiro atoms. The van der Waals surface area contributed by atoms with Gasteiger partial charge in [0.25, 0.3) is 0 Å². The third-order valence-electron chi connectivity index (χ3n) is 2.27. The number of nitrogens with zero attached hydrogens (tertiary/aromatic N) is 2. The van der Waals surface area contributed by atoms with Crippen molar-refractivity contribution in [3.63, 3.8) is 0 Å². The maximum atomic E-state index is 7.20. The fourth-order valence-corrected chi connectivity index (χ4v) is 1.57. The molecule has 2 rings (SSSR count). The maximum absolute atomic E-state index is 7.20. The first-order chi connectivity index (χ1) is 7.74. The third kappa shape index (κ3) is 2.70. The number of nitrogens with one attached hydrogen (secondary N) is 1. The van der Waals surface area contributed by atoms with Crippen LogP contribution in [0.15, 0.2) is 42.7 Å². The molecule has 0 saturated carbocycles. The largest absolute Gasteiger partial charge is 0.387 e. The lowest BCUT2D eigenvalue weighted by Crippen LogP contribution is -2.12.